The number of hydrogen-bond acceptors (Lipinski definition) is 0. The van der Waals surface area contributed by atoms with Crippen molar-refractivity contribution in [3.63, 3.8) is 0 Å². The molecule has 21 aliphatic rings. The summed E-state index contributed by atoms with van der Waals surface area (Å²) < 4.78 is 0. The van der Waals surface area contributed by atoms with Gasteiger partial charge in [-0.1, -0.05) is 0 Å². The van der Waals surface area contributed by atoms with Crippen LogP contribution < -0.4 is 0 Å². The zero-order valence-corrected chi connectivity index (χ0v) is 18.0. The Morgan fingerprint density at radius 3 is 1.43 bits per heavy atom. The van der Waals surface area contributed by atoms with Crippen LogP contribution in [0.25, 0.3) is 0 Å². The van der Waals surface area contributed by atoms with Gasteiger partial charge in [0, 0.05) is 0 Å². The molecule has 0 aliphatic heterocycles. The van der Waals surface area contributed by atoms with Crippen molar-refractivity contribution < 1.29 is 0 Å². The molecule has 0 heteroatoms. The van der Waals surface area contributed by atoms with Crippen molar-refractivity contribution in [1.82, 2.24) is 0 Å². The van der Waals surface area contributed by atoms with Gasteiger partial charge >= 0.3 is 0 Å². The lowest BCUT2D eigenvalue weighted by Crippen LogP contribution is -3.03. The van der Waals surface area contributed by atoms with E-state index in [0.29, 0.717) is 0 Å². The summed E-state index contributed by atoms with van der Waals surface area (Å²) in [4.78, 5) is 0. The molecule has 21 saturated carbocycles. The van der Waals surface area contributed by atoms with Crippen LogP contribution >= 0.6 is 0 Å². The average molecular weight is 395 g/mol. The molecule has 0 aromatic carbocycles. The average Bonchev–Trinajstić information content (AvgIpc) is 2.74. The van der Waals surface area contributed by atoms with Crippen molar-refractivity contribution in [2.45, 2.75) is 51.4 Å². The first-order valence-electron chi connectivity index (χ1n) is 14.8. The summed E-state index contributed by atoms with van der Waals surface area (Å²) in [6.07, 6.45) is 14.2. The first-order valence-corrected chi connectivity index (χ1v) is 14.8. The molecular weight excluding hydrogens is 360 g/mol. The third-order valence-corrected chi connectivity index (χ3v) is 18.9. The molecule has 21 aliphatic carbocycles. The molecule has 21 fully saturated rings. The summed E-state index contributed by atoms with van der Waals surface area (Å²) >= 11 is 0. The largest absolute Gasteiger partial charge is 0.0470 e. The molecule has 16 unspecified atom stereocenters. The molecule has 4 spiro atoms. The Morgan fingerprint density at radius 2 is 0.867 bits per heavy atom. The summed E-state index contributed by atoms with van der Waals surface area (Å²) in [7, 11) is 0. The van der Waals surface area contributed by atoms with Crippen LogP contribution in [0, 0.1) is 128 Å². The molecule has 22 bridgehead atoms. The molecule has 21 rings (SSSR count). The lowest BCUT2D eigenvalue weighted by Gasteiger charge is -3.07. The Labute approximate surface area is 179 Å². The van der Waals surface area contributed by atoms with Crippen molar-refractivity contribution in [1.29, 1.82) is 0 Å². The van der Waals surface area contributed by atoms with Gasteiger partial charge in [0.25, 0.3) is 0 Å². The molecule has 0 N–H and O–H groups in total. The minimum absolute atomic E-state index is 0.933. The van der Waals surface area contributed by atoms with Gasteiger partial charge in [-0.2, -0.15) is 0 Å². The number of hydrogen-bond donors (Lipinski definition) is 0. The number of rotatable bonds is 0. The normalized spacial score (nSPS) is 96.8. The Hall–Kier alpha value is 0. The predicted molar refractivity (Wildman–Crippen MR) is 109 cm³/mol. The van der Waals surface area contributed by atoms with E-state index in [0.717, 1.165) is 21.7 Å². The first-order chi connectivity index (χ1) is 14.8. The van der Waals surface area contributed by atoms with Gasteiger partial charge in [0.2, 0.25) is 0 Å². The lowest BCUT2D eigenvalue weighted by atomic mass is 8.97. The minimum Gasteiger partial charge on any atom is -0.0470 e. The summed E-state index contributed by atoms with van der Waals surface area (Å²) in [6, 6.07) is 0. The fourth-order valence-electron chi connectivity index (χ4n) is 21.7. The van der Waals surface area contributed by atoms with E-state index >= 15 is 0 Å². The molecule has 0 aromatic heterocycles. The van der Waals surface area contributed by atoms with E-state index in [1.165, 1.54) is 107 Å². The zero-order valence-electron chi connectivity index (χ0n) is 18.0. The third-order valence-electron chi connectivity index (χ3n) is 18.9. The van der Waals surface area contributed by atoms with E-state index in [9.17, 15) is 0 Å². The molecule has 154 valence electrons. The Balaban J connectivity index is 1.28. The first kappa shape index (κ1) is 13.6. The molecule has 0 heterocycles. The fourth-order valence-corrected chi connectivity index (χ4v) is 21.7. The highest BCUT2D eigenvalue weighted by Crippen LogP contribution is 3.08. The monoisotopic (exact) mass is 394 g/mol. The molecule has 0 saturated heterocycles. The maximum Gasteiger partial charge on any atom is -0.0126 e. The second-order valence-electron chi connectivity index (χ2n) is 17.0. The van der Waals surface area contributed by atoms with Gasteiger partial charge in [0.05, 0.1) is 0 Å². The molecule has 0 amide bonds. The van der Waals surface area contributed by atoms with Crippen molar-refractivity contribution >= 4 is 0 Å². The second-order valence-corrected chi connectivity index (χ2v) is 17.0. The second kappa shape index (κ2) is 3.07. The van der Waals surface area contributed by atoms with Crippen LogP contribution in [-0.2, 0) is 0 Å². The highest BCUT2D eigenvalue weighted by atomic mass is 15.1. The highest BCUT2D eigenvalue weighted by molar-refractivity contribution is 5.51. The van der Waals surface area contributed by atoms with Gasteiger partial charge < -0.3 is 0 Å². The molecule has 0 nitrogen and oxygen atoms in total. The van der Waals surface area contributed by atoms with E-state index in [1.807, 2.05) is 0 Å². The van der Waals surface area contributed by atoms with Crippen LogP contribution in [0.3, 0.4) is 0 Å². The quantitative estimate of drug-likeness (QED) is 0.521. The van der Waals surface area contributed by atoms with Gasteiger partial charge in [-0.15, -0.1) is 0 Å². The SMILES string of the molecule is C1C2CC34CC5C6CC7C8CC9C%10CC%11C%12CC%13(C2)C2C1C3C6C(C7%10)(C%112)C(C85)(C9%12)C4%13. The van der Waals surface area contributed by atoms with Gasteiger partial charge in [0.1, 0.15) is 0 Å². The zero-order chi connectivity index (χ0) is 18.0. The fraction of sp³-hybridized carbons (Fsp3) is 1.00. The predicted octanol–water partition coefficient (Wildman–Crippen LogP) is 5.33. The Bertz CT molecular complexity index is 1030. The summed E-state index contributed by atoms with van der Waals surface area (Å²) in [6.45, 7) is 0. The van der Waals surface area contributed by atoms with Crippen LogP contribution in [-0.4, -0.2) is 0 Å². The topological polar surface area (TPSA) is 0 Å². The van der Waals surface area contributed by atoms with Crippen molar-refractivity contribution in [3.8, 4) is 0 Å². The highest BCUT2D eigenvalue weighted by Gasteiger charge is 3.04. The molecule has 16 atom stereocenters. The van der Waals surface area contributed by atoms with Crippen LogP contribution in [0.1, 0.15) is 51.4 Å². The van der Waals surface area contributed by atoms with E-state index in [2.05, 4.69) is 0 Å². The standard InChI is InChI=1S/C30H34/c1-9-5-27-7-17-14-3-10-12-2-13-11-4-15-18-8-28(6-9)23-16(1)22(27)24(14)29(19(10)11,25(15)23)30(20(12)17,21(13)18)26(27)28/h9-26H,1-8H2. The molecular formula is C30H34. The van der Waals surface area contributed by atoms with Crippen LogP contribution in [0.15, 0.2) is 0 Å². The summed E-state index contributed by atoms with van der Waals surface area (Å²) in [5, 5.41) is 0. The summed E-state index contributed by atoms with van der Waals surface area (Å²) in [5.41, 5.74) is 3.83. The third kappa shape index (κ3) is 0.715. The smallest absolute Gasteiger partial charge is 0.0126 e. The Morgan fingerprint density at radius 1 is 0.367 bits per heavy atom. The molecule has 0 aromatic rings. The van der Waals surface area contributed by atoms with Crippen molar-refractivity contribution in [2.75, 3.05) is 0 Å². The van der Waals surface area contributed by atoms with E-state index < -0.39 is 0 Å². The van der Waals surface area contributed by atoms with Crippen LogP contribution in [0.2, 0.25) is 0 Å². The molecule has 0 radical (unpaired) electrons. The summed E-state index contributed by atoms with van der Waals surface area (Å²) in [5.74, 6) is 22.9. The van der Waals surface area contributed by atoms with Crippen molar-refractivity contribution in [3.05, 3.63) is 0 Å². The Kier molecular flexibility index (Phi) is 1.40. The van der Waals surface area contributed by atoms with Crippen LogP contribution in [0.4, 0.5) is 0 Å². The van der Waals surface area contributed by atoms with E-state index in [-0.39, 0.29) is 0 Å². The molecule has 30 heavy (non-hydrogen) atoms. The van der Waals surface area contributed by atoms with Crippen molar-refractivity contribution in [2.24, 2.45) is 128 Å². The maximum atomic E-state index is 1.81. The van der Waals surface area contributed by atoms with Gasteiger partial charge in [-0.05, 0) is 180 Å². The van der Waals surface area contributed by atoms with Crippen LogP contribution in [0.5, 0.6) is 0 Å². The lowest BCUT2D eigenvalue weighted by molar-refractivity contribution is -0.606. The van der Waals surface area contributed by atoms with Gasteiger partial charge in [-0.25, -0.2) is 0 Å². The van der Waals surface area contributed by atoms with Gasteiger partial charge in [-0.3, -0.25) is 0 Å². The maximum absolute atomic E-state index is 1.81. The van der Waals surface area contributed by atoms with Gasteiger partial charge in [0.15, 0.2) is 0 Å². The van der Waals surface area contributed by atoms with E-state index in [1.54, 1.807) is 51.4 Å². The van der Waals surface area contributed by atoms with E-state index in [4.69, 9.17) is 0 Å². The minimum atomic E-state index is 0.933.